The molecule has 0 spiro atoms. The summed E-state index contributed by atoms with van der Waals surface area (Å²) in [5.41, 5.74) is 2.48. The van der Waals surface area contributed by atoms with Crippen LogP contribution in [-0.2, 0) is 6.54 Å². The van der Waals surface area contributed by atoms with Crippen molar-refractivity contribution < 1.29 is 0 Å². The molecule has 0 radical (unpaired) electrons. The SMILES string of the molecule is Cc1nc(N2CCC(C)CC2C)ccc1CNCC(C)C. The molecule has 2 atom stereocenters. The molecule has 3 heteroatoms. The van der Waals surface area contributed by atoms with E-state index < -0.39 is 0 Å². The second-order valence-corrected chi connectivity index (χ2v) is 7.11. The van der Waals surface area contributed by atoms with E-state index in [-0.39, 0.29) is 0 Å². The molecule has 2 unspecified atom stereocenters. The Kier molecular flexibility index (Phi) is 5.63. The average molecular weight is 289 g/mol. The van der Waals surface area contributed by atoms with Gasteiger partial charge in [0.2, 0.25) is 0 Å². The molecule has 0 aromatic carbocycles. The highest BCUT2D eigenvalue weighted by atomic mass is 15.2. The van der Waals surface area contributed by atoms with E-state index >= 15 is 0 Å². The summed E-state index contributed by atoms with van der Waals surface area (Å²) in [6, 6.07) is 5.05. The van der Waals surface area contributed by atoms with Crippen LogP contribution in [0.3, 0.4) is 0 Å². The van der Waals surface area contributed by atoms with Gasteiger partial charge in [0, 0.05) is 24.8 Å². The normalized spacial score (nSPS) is 22.9. The first-order valence-corrected chi connectivity index (χ1v) is 8.41. The van der Waals surface area contributed by atoms with E-state index in [0.717, 1.165) is 37.1 Å². The van der Waals surface area contributed by atoms with E-state index in [1.54, 1.807) is 0 Å². The highest BCUT2D eigenvalue weighted by Gasteiger charge is 2.23. The minimum absolute atomic E-state index is 0.602. The molecule has 1 N–H and O–H groups in total. The second-order valence-electron chi connectivity index (χ2n) is 7.11. The monoisotopic (exact) mass is 289 g/mol. The maximum Gasteiger partial charge on any atom is 0.129 e. The fraction of sp³-hybridized carbons (Fsp3) is 0.722. The van der Waals surface area contributed by atoms with Crippen LogP contribution in [0.2, 0.25) is 0 Å². The van der Waals surface area contributed by atoms with Gasteiger partial charge in [-0.25, -0.2) is 4.98 Å². The number of hydrogen-bond acceptors (Lipinski definition) is 3. The Balaban J connectivity index is 2.01. The lowest BCUT2D eigenvalue weighted by molar-refractivity contribution is 0.376. The predicted molar refractivity (Wildman–Crippen MR) is 90.7 cm³/mol. The third-order valence-electron chi connectivity index (χ3n) is 4.48. The van der Waals surface area contributed by atoms with Crippen molar-refractivity contribution in [3.63, 3.8) is 0 Å². The summed E-state index contributed by atoms with van der Waals surface area (Å²) < 4.78 is 0. The predicted octanol–water partition coefficient (Wildman–Crippen LogP) is 3.76. The molecule has 1 fully saturated rings. The van der Waals surface area contributed by atoms with Gasteiger partial charge in [-0.15, -0.1) is 0 Å². The van der Waals surface area contributed by atoms with Gasteiger partial charge in [-0.3, -0.25) is 0 Å². The molecule has 21 heavy (non-hydrogen) atoms. The fourth-order valence-electron chi connectivity index (χ4n) is 3.17. The maximum absolute atomic E-state index is 4.86. The van der Waals surface area contributed by atoms with Gasteiger partial charge < -0.3 is 10.2 Å². The maximum atomic E-state index is 4.86. The Labute approximate surface area is 130 Å². The van der Waals surface area contributed by atoms with Crippen molar-refractivity contribution in [2.24, 2.45) is 11.8 Å². The molecule has 0 bridgehead atoms. The zero-order chi connectivity index (χ0) is 15.4. The number of nitrogens with one attached hydrogen (secondary N) is 1. The number of aryl methyl sites for hydroxylation is 1. The van der Waals surface area contributed by atoms with Crippen molar-refractivity contribution >= 4 is 5.82 Å². The van der Waals surface area contributed by atoms with Crippen molar-refractivity contribution in [2.45, 2.75) is 60.0 Å². The molecule has 118 valence electrons. The van der Waals surface area contributed by atoms with Crippen LogP contribution < -0.4 is 10.2 Å². The number of piperidine rings is 1. The highest BCUT2D eigenvalue weighted by Crippen LogP contribution is 2.27. The molecular weight excluding hydrogens is 258 g/mol. The summed E-state index contributed by atoms with van der Waals surface area (Å²) in [7, 11) is 0. The minimum atomic E-state index is 0.602. The van der Waals surface area contributed by atoms with Crippen molar-refractivity contribution in [3.8, 4) is 0 Å². The Hall–Kier alpha value is -1.09. The minimum Gasteiger partial charge on any atom is -0.354 e. The number of nitrogens with zero attached hydrogens (tertiary/aromatic N) is 2. The molecule has 1 saturated heterocycles. The van der Waals surface area contributed by atoms with Gasteiger partial charge in [0.05, 0.1) is 0 Å². The smallest absolute Gasteiger partial charge is 0.129 e. The lowest BCUT2D eigenvalue weighted by Crippen LogP contribution is -2.40. The lowest BCUT2D eigenvalue weighted by Gasteiger charge is -2.37. The standard InChI is InChI=1S/C18H31N3/c1-13(2)11-19-12-17-6-7-18(20-16(17)5)21-9-8-14(3)10-15(21)4/h6-7,13-15,19H,8-12H2,1-5H3. The summed E-state index contributed by atoms with van der Waals surface area (Å²) in [6.45, 7) is 14.4. The van der Waals surface area contributed by atoms with Crippen LogP contribution in [-0.4, -0.2) is 24.1 Å². The van der Waals surface area contributed by atoms with Crippen molar-refractivity contribution in [1.29, 1.82) is 0 Å². The van der Waals surface area contributed by atoms with E-state index in [9.17, 15) is 0 Å². The van der Waals surface area contributed by atoms with Crippen LogP contribution in [0.4, 0.5) is 5.82 Å². The second kappa shape index (κ2) is 7.26. The van der Waals surface area contributed by atoms with E-state index in [2.05, 4.69) is 57.0 Å². The quantitative estimate of drug-likeness (QED) is 0.894. The first-order chi connectivity index (χ1) is 9.97. The molecule has 2 heterocycles. The molecular formula is C18H31N3. The van der Waals surface area contributed by atoms with Crippen molar-refractivity contribution in [1.82, 2.24) is 10.3 Å². The highest BCUT2D eigenvalue weighted by molar-refractivity contribution is 5.43. The van der Waals surface area contributed by atoms with Crippen molar-refractivity contribution in [3.05, 3.63) is 23.4 Å². The summed E-state index contributed by atoms with van der Waals surface area (Å²) in [4.78, 5) is 7.33. The van der Waals surface area contributed by atoms with Gasteiger partial charge in [-0.05, 0) is 56.7 Å². The van der Waals surface area contributed by atoms with E-state index in [0.29, 0.717) is 12.0 Å². The molecule has 1 aliphatic rings. The molecule has 1 aliphatic heterocycles. The first-order valence-electron chi connectivity index (χ1n) is 8.41. The Morgan fingerprint density at radius 1 is 1.33 bits per heavy atom. The van der Waals surface area contributed by atoms with E-state index in [1.165, 1.54) is 18.4 Å². The van der Waals surface area contributed by atoms with Crippen LogP contribution in [0.1, 0.15) is 51.8 Å². The Bertz CT molecular complexity index is 456. The summed E-state index contributed by atoms with van der Waals surface area (Å²) in [5.74, 6) is 2.69. The molecule has 3 nitrogen and oxygen atoms in total. The van der Waals surface area contributed by atoms with Gasteiger partial charge in [0.25, 0.3) is 0 Å². The molecule has 0 amide bonds. The third-order valence-corrected chi connectivity index (χ3v) is 4.48. The molecule has 2 rings (SSSR count). The first kappa shape index (κ1) is 16.3. The van der Waals surface area contributed by atoms with Crippen LogP contribution in [0.15, 0.2) is 12.1 Å². The zero-order valence-corrected chi connectivity index (χ0v) is 14.3. The van der Waals surface area contributed by atoms with Gasteiger partial charge in [0.15, 0.2) is 0 Å². The Morgan fingerprint density at radius 3 is 2.71 bits per heavy atom. The molecule has 1 aromatic heterocycles. The van der Waals surface area contributed by atoms with Gasteiger partial charge in [-0.2, -0.15) is 0 Å². The number of aromatic nitrogens is 1. The van der Waals surface area contributed by atoms with Gasteiger partial charge in [-0.1, -0.05) is 26.8 Å². The number of rotatable bonds is 5. The average Bonchev–Trinajstić information content (AvgIpc) is 2.40. The van der Waals surface area contributed by atoms with Crippen molar-refractivity contribution in [2.75, 3.05) is 18.0 Å². The van der Waals surface area contributed by atoms with E-state index in [1.807, 2.05) is 0 Å². The molecule has 1 aromatic rings. The summed E-state index contributed by atoms with van der Waals surface area (Å²) in [5, 5.41) is 3.50. The fourth-order valence-corrected chi connectivity index (χ4v) is 3.17. The van der Waals surface area contributed by atoms with Gasteiger partial charge in [0.1, 0.15) is 5.82 Å². The largest absolute Gasteiger partial charge is 0.354 e. The zero-order valence-electron chi connectivity index (χ0n) is 14.3. The van der Waals surface area contributed by atoms with Crippen LogP contribution in [0.25, 0.3) is 0 Å². The third kappa shape index (κ3) is 4.44. The summed E-state index contributed by atoms with van der Waals surface area (Å²) >= 11 is 0. The Morgan fingerprint density at radius 2 is 2.10 bits per heavy atom. The number of pyridine rings is 1. The topological polar surface area (TPSA) is 28.2 Å². The van der Waals surface area contributed by atoms with Crippen LogP contribution in [0, 0.1) is 18.8 Å². The van der Waals surface area contributed by atoms with Gasteiger partial charge >= 0.3 is 0 Å². The molecule has 0 saturated carbocycles. The lowest BCUT2D eigenvalue weighted by atomic mass is 9.93. The van der Waals surface area contributed by atoms with Crippen LogP contribution in [0.5, 0.6) is 0 Å². The number of anilines is 1. The summed E-state index contributed by atoms with van der Waals surface area (Å²) in [6.07, 6.45) is 2.56. The van der Waals surface area contributed by atoms with E-state index in [4.69, 9.17) is 4.98 Å². The number of hydrogen-bond donors (Lipinski definition) is 1. The van der Waals surface area contributed by atoms with Crippen LogP contribution >= 0.6 is 0 Å². The molecule has 0 aliphatic carbocycles.